The van der Waals surface area contributed by atoms with Crippen LogP contribution in [0.2, 0.25) is 0 Å². The van der Waals surface area contributed by atoms with Crippen molar-refractivity contribution in [3.63, 3.8) is 0 Å². The van der Waals surface area contributed by atoms with Crippen LogP contribution in [0.4, 0.5) is 11.6 Å². The van der Waals surface area contributed by atoms with Gasteiger partial charge in [0.25, 0.3) is 0 Å². The summed E-state index contributed by atoms with van der Waals surface area (Å²) in [5, 5.41) is 0. The lowest BCUT2D eigenvalue weighted by Crippen LogP contribution is -2.29. The predicted octanol–water partition coefficient (Wildman–Crippen LogP) is 1.02. The van der Waals surface area contributed by atoms with Crippen molar-refractivity contribution in [1.29, 1.82) is 0 Å². The maximum absolute atomic E-state index is 5.56. The van der Waals surface area contributed by atoms with Gasteiger partial charge in [0, 0.05) is 32.1 Å². The third kappa shape index (κ3) is 3.19. The number of anilines is 2. The van der Waals surface area contributed by atoms with Gasteiger partial charge in [-0.15, -0.1) is 0 Å². The number of nitrogen functional groups attached to an aromatic ring is 1. The van der Waals surface area contributed by atoms with Gasteiger partial charge in [-0.25, -0.2) is 15.8 Å². The fraction of sp³-hybridized carbons (Fsp3) is 0.714. The molecule has 20 heavy (non-hydrogen) atoms. The van der Waals surface area contributed by atoms with Crippen LogP contribution in [0.5, 0.6) is 0 Å². The first-order valence-electron chi connectivity index (χ1n) is 7.29. The minimum absolute atomic E-state index is 0.707. The third-order valence-electron chi connectivity index (χ3n) is 4.00. The van der Waals surface area contributed by atoms with Crippen LogP contribution in [-0.4, -0.2) is 48.6 Å². The van der Waals surface area contributed by atoms with Gasteiger partial charge >= 0.3 is 0 Å². The number of rotatable bonds is 5. The highest BCUT2D eigenvalue weighted by atomic mass is 15.3. The lowest BCUT2D eigenvalue weighted by Gasteiger charge is -2.25. The molecule has 1 unspecified atom stereocenters. The molecule has 3 N–H and O–H groups in total. The highest BCUT2D eigenvalue weighted by Crippen LogP contribution is 2.24. The van der Waals surface area contributed by atoms with E-state index in [9.17, 15) is 0 Å². The van der Waals surface area contributed by atoms with Crippen LogP contribution in [0, 0.1) is 12.8 Å². The number of nitrogens with two attached hydrogens (primary N) is 1. The van der Waals surface area contributed by atoms with E-state index in [-0.39, 0.29) is 0 Å². The van der Waals surface area contributed by atoms with Crippen molar-refractivity contribution in [3.8, 4) is 0 Å². The van der Waals surface area contributed by atoms with Crippen LogP contribution >= 0.6 is 0 Å². The van der Waals surface area contributed by atoms with Gasteiger partial charge in [-0.1, -0.05) is 6.92 Å². The Balaban J connectivity index is 2.17. The van der Waals surface area contributed by atoms with Crippen molar-refractivity contribution in [2.45, 2.75) is 26.7 Å². The Morgan fingerprint density at radius 1 is 1.45 bits per heavy atom. The van der Waals surface area contributed by atoms with E-state index in [4.69, 9.17) is 5.84 Å². The molecule has 0 aromatic carbocycles. The Hall–Kier alpha value is -1.40. The van der Waals surface area contributed by atoms with Crippen LogP contribution in [0.25, 0.3) is 0 Å². The molecule has 2 rings (SSSR count). The van der Waals surface area contributed by atoms with Gasteiger partial charge in [-0.05, 0) is 32.9 Å². The summed E-state index contributed by atoms with van der Waals surface area (Å²) >= 11 is 0. The SMILES string of the molecule is CCc1nc(NN)c(C)c(N(C)CC2CCN(C)C2)n1. The number of nitrogens with zero attached hydrogens (tertiary/aromatic N) is 4. The number of aryl methyl sites for hydroxylation is 1. The standard InChI is InChI=1S/C14H26N6/c1-5-12-16-13(18-15)10(2)14(17-12)20(4)9-11-6-7-19(3)8-11/h11H,5-9,15H2,1-4H3,(H,16,17,18). The summed E-state index contributed by atoms with van der Waals surface area (Å²) in [6, 6.07) is 0. The number of hydrogen-bond acceptors (Lipinski definition) is 6. The van der Waals surface area contributed by atoms with Crippen molar-refractivity contribution in [1.82, 2.24) is 14.9 Å². The van der Waals surface area contributed by atoms with Gasteiger partial charge in [0.15, 0.2) is 0 Å². The molecular weight excluding hydrogens is 252 g/mol. The highest BCUT2D eigenvalue weighted by Gasteiger charge is 2.22. The van der Waals surface area contributed by atoms with Gasteiger partial charge in [-0.3, -0.25) is 0 Å². The van der Waals surface area contributed by atoms with Gasteiger partial charge in [-0.2, -0.15) is 0 Å². The van der Waals surface area contributed by atoms with Gasteiger partial charge in [0.05, 0.1) is 0 Å². The monoisotopic (exact) mass is 278 g/mol. The predicted molar refractivity (Wildman–Crippen MR) is 82.8 cm³/mol. The van der Waals surface area contributed by atoms with Crippen molar-refractivity contribution >= 4 is 11.6 Å². The molecule has 0 bridgehead atoms. The minimum Gasteiger partial charge on any atom is -0.359 e. The summed E-state index contributed by atoms with van der Waals surface area (Å²) in [7, 11) is 4.29. The molecule has 0 radical (unpaired) electrons. The summed E-state index contributed by atoms with van der Waals surface area (Å²) in [6.07, 6.45) is 2.07. The van der Waals surface area contributed by atoms with E-state index in [1.54, 1.807) is 0 Å². The van der Waals surface area contributed by atoms with E-state index in [1.807, 2.05) is 6.92 Å². The summed E-state index contributed by atoms with van der Waals surface area (Å²) in [6.45, 7) is 7.45. The molecule has 2 heterocycles. The van der Waals surface area contributed by atoms with Gasteiger partial charge in [0.1, 0.15) is 17.5 Å². The summed E-state index contributed by atoms with van der Waals surface area (Å²) in [4.78, 5) is 13.7. The van der Waals surface area contributed by atoms with Crippen LogP contribution < -0.4 is 16.2 Å². The maximum atomic E-state index is 5.56. The van der Waals surface area contributed by atoms with E-state index in [0.29, 0.717) is 5.92 Å². The molecule has 1 aliphatic rings. The van der Waals surface area contributed by atoms with Crippen molar-refractivity contribution in [2.24, 2.45) is 11.8 Å². The summed E-state index contributed by atoms with van der Waals surface area (Å²) in [5.41, 5.74) is 3.69. The first kappa shape index (κ1) is 15.0. The van der Waals surface area contributed by atoms with Crippen molar-refractivity contribution in [2.75, 3.05) is 44.1 Å². The smallest absolute Gasteiger partial charge is 0.148 e. The van der Waals surface area contributed by atoms with E-state index >= 15 is 0 Å². The first-order chi connectivity index (χ1) is 9.55. The Bertz CT molecular complexity index is 461. The van der Waals surface area contributed by atoms with Gasteiger partial charge < -0.3 is 15.2 Å². The maximum Gasteiger partial charge on any atom is 0.148 e. The van der Waals surface area contributed by atoms with E-state index in [0.717, 1.165) is 42.5 Å². The van der Waals surface area contributed by atoms with E-state index in [1.165, 1.54) is 13.0 Å². The number of likely N-dealkylation sites (tertiary alicyclic amines) is 1. The topological polar surface area (TPSA) is 70.3 Å². The largest absolute Gasteiger partial charge is 0.359 e. The quantitative estimate of drug-likeness (QED) is 0.619. The fourth-order valence-electron chi connectivity index (χ4n) is 2.87. The molecule has 6 nitrogen and oxygen atoms in total. The zero-order chi connectivity index (χ0) is 14.7. The molecule has 1 saturated heterocycles. The van der Waals surface area contributed by atoms with E-state index < -0.39 is 0 Å². The number of nitrogens with one attached hydrogen (secondary N) is 1. The summed E-state index contributed by atoms with van der Waals surface area (Å²) < 4.78 is 0. The number of hydrogen-bond donors (Lipinski definition) is 2. The zero-order valence-corrected chi connectivity index (χ0v) is 13.0. The molecule has 1 aliphatic heterocycles. The second-order valence-electron chi connectivity index (χ2n) is 5.73. The summed E-state index contributed by atoms with van der Waals surface area (Å²) in [5.74, 6) is 8.80. The van der Waals surface area contributed by atoms with E-state index in [2.05, 4.69) is 46.2 Å². The lowest BCUT2D eigenvalue weighted by molar-refractivity contribution is 0.395. The van der Waals surface area contributed by atoms with Crippen molar-refractivity contribution < 1.29 is 0 Å². The van der Waals surface area contributed by atoms with Crippen LogP contribution in [0.3, 0.4) is 0 Å². The Kier molecular flexibility index (Phi) is 4.77. The first-order valence-corrected chi connectivity index (χ1v) is 7.29. The van der Waals surface area contributed by atoms with Gasteiger partial charge in [0.2, 0.25) is 0 Å². The molecule has 0 saturated carbocycles. The minimum atomic E-state index is 0.707. The van der Waals surface area contributed by atoms with Crippen LogP contribution in [0.15, 0.2) is 0 Å². The highest BCUT2D eigenvalue weighted by molar-refractivity contribution is 5.57. The number of aromatic nitrogens is 2. The number of hydrazine groups is 1. The Morgan fingerprint density at radius 2 is 2.20 bits per heavy atom. The molecule has 0 aliphatic carbocycles. The lowest BCUT2D eigenvalue weighted by atomic mass is 10.1. The zero-order valence-electron chi connectivity index (χ0n) is 13.0. The average molecular weight is 278 g/mol. The molecule has 1 atom stereocenters. The second-order valence-corrected chi connectivity index (χ2v) is 5.73. The molecule has 112 valence electrons. The third-order valence-corrected chi connectivity index (χ3v) is 4.00. The van der Waals surface area contributed by atoms with Crippen molar-refractivity contribution in [3.05, 3.63) is 11.4 Å². The molecule has 0 amide bonds. The molecule has 6 heteroatoms. The Morgan fingerprint density at radius 3 is 2.75 bits per heavy atom. The second kappa shape index (κ2) is 6.37. The molecule has 1 fully saturated rings. The van der Waals surface area contributed by atoms with Crippen LogP contribution in [-0.2, 0) is 6.42 Å². The normalized spacial score (nSPS) is 19.4. The molecule has 1 aromatic rings. The average Bonchev–Trinajstić information content (AvgIpc) is 2.84. The van der Waals surface area contributed by atoms with Crippen LogP contribution in [0.1, 0.15) is 24.7 Å². The molecule has 1 aromatic heterocycles. The fourth-order valence-corrected chi connectivity index (χ4v) is 2.87. The molecule has 0 spiro atoms. The molecular formula is C14H26N6. The Labute approximate surface area is 121 Å².